The quantitative estimate of drug-likeness (QED) is 0.206. The lowest BCUT2D eigenvalue weighted by molar-refractivity contribution is -0.189. The fourth-order valence-corrected chi connectivity index (χ4v) is 6.18. The summed E-state index contributed by atoms with van der Waals surface area (Å²) in [6.07, 6.45) is 6.09. The van der Waals surface area contributed by atoms with Gasteiger partial charge in [-0.15, -0.1) is 0 Å². The van der Waals surface area contributed by atoms with E-state index in [1.807, 2.05) is 41.1 Å². The van der Waals surface area contributed by atoms with Crippen molar-refractivity contribution in [3.8, 4) is 11.5 Å². The van der Waals surface area contributed by atoms with Crippen molar-refractivity contribution in [3.63, 3.8) is 0 Å². The minimum atomic E-state index is -1.07. The number of ether oxygens (including phenoxy) is 4. The normalized spacial score (nSPS) is 20.8. The molecule has 226 valence electrons. The molecule has 0 unspecified atom stereocenters. The summed E-state index contributed by atoms with van der Waals surface area (Å²) in [4.78, 5) is 9.12. The second-order valence-electron chi connectivity index (χ2n) is 10.9. The number of hydrogen-bond donors (Lipinski definition) is 0. The van der Waals surface area contributed by atoms with Crippen LogP contribution in [0.25, 0.3) is 0 Å². The van der Waals surface area contributed by atoms with Crippen LogP contribution in [0.3, 0.4) is 0 Å². The van der Waals surface area contributed by atoms with Crippen LogP contribution in [0.4, 0.5) is 5.69 Å². The van der Waals surface area contributed by atoms with Gasteiger partial charge >= 0.3 is 0 Å². The number of hydrogen-bond acceptors (Lipinski definition) is 7. The number of aromatic nitrogens is 2. The van der Waals surface area contributed by atoms with Crippen molar-refractivity contribution in [3.05, 3.63) is 107 Å². The van der Waals surface area contributed by atoms with Gasteiger partial charge in [-0.2, -0.15) is 0 Å². The predicted octanol–water partition coefficient (Wildman–Crippen LogP) is 5.91. The van der Waals surface area contributed by atoms with E-state index in [4.69, 9.17) is 42.1 Å². The largest absolute Gasteiger partial charge is 0.497 e. The average molecular weight is 624 g/mol. The first-order chi connectivity index (χ1) is 21.0. The molecule has 2 atom stereocenters. The van der Waals surface area contributed by atoms with Gasteiger partial charge in [0.25, 0.3) is 0 Å². The summed E-state index contributed by atoms with van der Waals surface area (Å²) in [6.45, 7) is 6.28. The standard InChI is InChI=1S/C33H36Cl2N4O4/c1-40-28-7-2-25(3-8-28)12-14-37-16-18-39(19-17-37)27-5-9-29(10-6-27)41-21-30-22-42-33(43-30,23-38-15-13-36-24-38)31-11-4-26(34)20-32(31)35/h2-11,13,15,20,24,30H,12,14,16-19,21-23H2,1H3/t30-,33-/m1/s1. The highest BCUT2D eigenvalue weighted by Crippen LogP contribution is 2.40. The van der Waals surface area contributed by atoms with Gasteiger partial charge in [-0.05, 0) is 60.5 Å². The van der Waals surface area contributed by atoms with Gasteiger partial charge in [-0.1, -0.05) is 41.4 Å². The molecule has 8 nitrogen and oxygen atoms in total. The van der Waals surface area contributed by atoms with Gasteiger partial charge in [0.2, 0.25) is 5.79 Å². The van der Waals surface area contributed by atoms with E-state index >= 15 is 0 Å². The molecule has 1 aromatic heterocycles. The number of nitrogens with zero attached hydrogens (tertiary/aromatic N) is 4. The molecule has 0 saturated carbocycles. The van der Waals surface area contributed by atoms with E-state index in [1.165, 1.54) is 11.3 Å². The molecule has 2 fully saturated rings. The maximum absolute atomic E-state index is 6.59. The molecule has 2 aliphatic rings. The Morgan fingerprint density at radius 2 is 1.72 bits per heavy atom. The highest BCUT2D eigenvalue weighted by molar-refractivity contribution is 6.35. The Balaban J connectivity index is 0.996. The summed E-state index contributed by atoms with van der Waals surface area (Å²) in [5.74, 6) is 0.622. The monoisotopic (exact) mass is 622 g/mol. The van der Waals surface area contributed by atoms with E-state index in [0.717, 1.165) is 56.2 Å². The van der Waals surface area contributed by atoms with Crippen molar-refractivity contribution < 1.29 is 18.9 Å². The number of methoxy groups -OCH3 is 1. The minimum Gasteiger partial charge on any atom is -0.497 e. The molecule has 2 aliphatic heterocycles. The van der Waals surface area contributed by atoms with E-state index < -0.39 is 5.79 Å². The molecule has 4 aromatic rings. The molecule has 2 saturated heterocycles. The van der Waals surface area contributed by atoms with Crippen molar-refractivity contribution in [1.29, 1.82) is 0 Å². The van der Waals surface area contributed by atoms with Crippen LogP contribution < -0.4 is 14.4 Å². The Morgan fingerprint density at radius 1 is 0.953 bits per heavy atom. The number of anilines is 1. The summed E-state index contributed by atoms with van der Waals surface area (Å²) in [5.41, 5.74) is 3.27. The molecule has 10 heteroatoms. The predicted molar refractivity (Wildman–Crippen MR) is 168 cm³/mol. The van der Waals surface area contributed by atoms with Gasteiger partial charge in [-0.25, -0.2) is 4.98 Å². The van der Waals surface area contributed by atoms with Gasteiger partial charge in [0, 0.05) is 61.4 Å². The third-order valence-corrected chi connectivity index (χ3v) is 8.58. The molecule has 0 radical (unpaired) electrons. The van der Waals surface area contributed by atoms with Crippen LogP contribution in [0.2, 0.25) is 10.0 Å². The summed E-state index contributed by atoms with van der Waals surface area (Å²) in [5, 5.41) is 1.04. The summed E-state index contributed by atoms with van der Waals surface area (Å²) in [7, 11) is 1.70. The summed E-state index contributed by atoms with van der Waals surface area (Å²) < 4.78 is 26.1. The third kappa shape index (κ3) is 7.28. The third-order valence-electron chi connectivity index (χ3n) is 8.04. The van der Waals surface area contributed by atoms with Crippen LogP contribution in [0.1, 0.15) is 11.1 Å². The van der Waals surface area contributed by atoms with Crippen LogP contribution in [0, 0.1) is 0 Å². The maximum atomic E-state index is 6.59. The van der Waals surface area contributed by atoms with Crippen LogP contribution >= 0.6 is 23.2 Å². The number of halogens is 2. The number of benzene rings is 3. The Labute approximate surface area is 262 Å². The second kappa shape index (κ2) is 13.6. The van der Waals surface area contributed by atoms with Crippen molar-refractivity contribution in [2.45, 2.75) is 24.9 Å². The SMILES string of the molecule is COc1ccc(CCN2CCN(c3ccc(OC[C@@H]4CO[C@@](Cn5ccnc5)(c5ccc(Cl)cc5Cl)O4)cc3)CC2)cc1. The first-order valence-corrected chi connectivity index (χ1v) is 15.3. The van der Waals surface area contributed by atoms with Crippen molar-refractivity contribution in [1.82, 2.24) is 14.5 Å². The zero-order valence-electron chi connectivity index (χ0n) is 24.2. The molecule has 6 rings (SSSR count). The highest BCUT2D eigenvalue weighted by Gasteiger charge is 2.45. The van der Waals surface area contributed by atoms with E-state index in [1.54, 1.807) is 31.8 Å². The van der Waals surface area contributed by atoms with Gasteiger partial charge in [-0.3, -0.25) is 4.90 Å². The van der Waals surface area contributed by atoms with E-state index in [0.29, 0.717) is 29.8 Å². The lowest BCUT2D eigenvalue weighted by Crippen LogP contribution is -2.46. The lowest BCUT2D eigenvalue weighted by atomic mass is 10.1. The van der Waals surface area contributed by atoms with E-state index in [-0.39, 0.29) is 6.10 Å². The average Bonchev–Trinajstić information content (AvgIpc) is 3.70. The van der Waals surface area contributed by atoms with Crippen molar-refractivity contribution >= 4 is 28.9 Å². The molecule has 0 spiro atoms. The molecule has 0 aliphatic carbocycles. The van der Waals surface area contributed by atoms with E-state index in [9.17, 15) is 0 Å². The molecule has 0 N–H and O–H groups in total. The Bertz CT molecular complexity index is 1460. The minimum absolute atomic E-state index is 0.277. The summed E-state index contributed by atoms with van der Waals surface area (Å²) >= 11 is 12.7. The molecule has 3 aromatic carbocycles. The van der Waals surface area contributed by atoms with Crippen LogP contribution in [-0.2, 0) is 28.2 Å². The topological polar surface area (TPSA) is 61.2 Å². The molecular weight excluding hydrogens is 587 g/mol. The highest BCUT2D eigenvalue weighted by atomic mass is 35.5. The molecule has 3 heterocycles. The zero-order valence-corrected chi connectivity index (χ0v) is 25.7. The molecule has 0 bridgehead atoms. The van der Waals surface area contributed by atoms with Crippen LogP contribution in [-0.4, -0.2) is 73.6 Å². The first kappa shape index (κ1) is 29.8. The Morgan fingerprint density at radius 3 is 2.42 bits per heavy atom. The fourth-order valence-electron chi connectivity index (χ4n) is 5.63. The van der Waals surface area contributed by atoms with Crippen molar-refractivity contribution in [2.24, 2.45) is 0 Å². The maximum Gasteiger partial charge on any atom is 0.215 e. The Kier molecular flexibility index (Phi) is 9.40. The zero-order chi connectivity index (χ0) is 29.6. The van der Waals surface area contributed by atoms with Gasteiger partial charge in [0.1, 0.15) is 24.2 Å². The lowest BCUT2D eigenvalue weighted by Gasteiger charge is -2.36. The number of imidazole rings is 1. The number of rotatable bonds is 11. The fraction of sp³-hybridized carbons (Fsp3) is 0.364. The number of piperazine rings is 1. The summed E-state index contributed by atoms with van der Waals surface area (Å²) in [6, 6.07) is 22.0. The molecule has 43 heavy (non-hydrogen) atoms. The van der Waals surface area contributed by atoms with Crippen LogP contribution in [0.15, 0.2) is 85.5 Å². The van der Waals surface area contributed by atoms with Gasteiger partial charge < -0.3 is 28.4 Å². The van der Waals surface area contributed by atoms with E-state index in [2.05, 4.69) is 39.0 Å². The first-order valence-electron chi connectivity index (χ1n) is 14.6. The smallest absolute Gasteiger partial charge is 0.215 e. The Hall–Kier alpha value is -3.27. The molecular formula is C33H36Cl2N4O4. The van der Waals surface area contributed by atoms with Gasteiger partial charge in [0.15, 0.2) is 0 Å². The molecule has 0 amide bonds. The second-order valence-corrected chi connectivity index (χ2v) is 11.7. The van der Waals surface area contributed by atoms with Crippen molar-refractivity contribution in [2.75, 3.05) is 57.9 Å². The van der Waals surface area contributed by atoms with Gasteiger partial charge in [0.05, 0.1) is 31.6 Å². The van der Waals surface area contributed by atoms with Crippen LogP contribution in [0.5, 0.6) is 11.5 Å².